The van der Waals surface area contributed by atoms with Crippen molar-refractivity contribution in [2.24, 2.45) is 5.92 Å². The first kappa shape index (κ1) is 24.4. The summed E-state index contributed by atoms with van der Waals surface area (Å²) in [6.45, 7) is 10.0. The summed E-state index contributed by atoms with van der Waals surface area (Å²) in [6, 6.07) is 8.46. The molecule has 2 atom stereocenters. The van der Waals surface area contributed by atoms with Crippen LogP contribution in [0.4, 0.5) is 0 Å². The van der Waals surface area contributed by atoms with Crippen molar-refractivity contribution in [2.45, 2.75) is 76.6 Å². The first-order chi connectivity index (χ1) is 14.1. The molecule has 1 aliphatic rings. The molecule has 0 aliphatic heterocycles. The largest absolute Gasteiger partial charge is 0.387 e. The van der Waals surface area contributed by atoms with Crippen LogP contribution in [0, 0.1) is 5.92 Å². The van der Waals surface area contributed by atoms with Crippen LogP contribution < -0.4 is 0 Å². The molecule has 0 spiro atoms. The Morgan fingerprint density at radius 1 is 0.900 bits per heavy atom. The number of benzene rings is 1. The van der Waals surface area contributed by atoms with Crippen molar-refractivity contribution in [3.8, 4) is 0 Å². The number of rotatable bonds is 3. The third-order valence-corrected chi connectivity index (χ3v) is 7.97. The molecule has 0 saturated carbocycles. The van der Waals surface area contributed by atoms with Gasteiger partial charge in [-0.1, -0.05) is 73.1 Å². The molecular formula is C26H36O3S. The Balaban J connectivity index is 2.63. The minimum Gasteiger partial charge on any atom is -0.387 e. The summed E-state index contributed by atoms with van der Waals surface area (Å²) in [5, 5.41) is 10.4. The van der Waals surface area contributed by atoms with E-state index in [0.29, 0.717) is 5.57 Å². The third-order valence-electron chi connectivity index (χ3n) is 5.75. The van der Waals surface area contributed by atoms with Crippen LogP contribution in [-0.4, -0.2) is 24.9 Å². The van der Waals surface area contributed by atoms with Gasteiger partial charge in [0.15, 0.2) is 9.84 Å². The van der Waals surface area contributed by atoms with Crippen molar-refractivity contribution in [3.05, 3.63) is 76.9 Å². The molecule has 0 aromatic heterocycles. The molecule has 30 heavy (non-hydrogen) atoms. The topological polar surface area (TPSA) is 54.4 Å². The number of hydrogen-bond donors (Lipinski definition) is 1. The smallest absolute Gasteiger partial charge is 0.187 e. The molecule has 2 unspecified atom stereocenters. The zero-order chi connectivity index (χ0) is 22.3. The fraction of sp³-hybridized carbons (Fsp3) is 0.462. The lowest BCUT2D eigenvalue weighted by Crippen LogP contribution is -2.38. The Morgan fingerprint density at radius 2 is 1.50 bits per heavy atom. The molecule has 1 aliphatic carbocycles. The van der Waals surface area contributed by atoms with Gasteiger partial charge in [0.1, 0.15) is 5.25 Å². The molecule has 0 saturated heterocycles. The normalized spacial score (nSPS) is 29.4. The highest BCUT2D eigenvalue weighted by atomic mass is 32.2. The van der Waals surface area contributed by atoms with E-state index in [1.807, 2.05) is 39.0 Å². The molecule has 2 rings (SSSR count). The van der Waals surface area contributed by atoms with Crippen molar-refractivity contribution in [2.75, 3.05) is 0 Å². The van der Waals surface area contributed by atoms with E-state index in [-0.39, 0.29) is 10.8 Å². The minimum absolute atomic E-state index is 0.0281. The maximum absolute atomic E-state index is 13.6. The van der Waals surface area contributed by atoms with Crippen molar-refractivity contribution in [1.82, 2.24) is 0 Å². The lowest BCUT2D eigenvalue weighted by molar-refractivity contribution is 0.202. The van der Waals surface area contributed by atoms with Gasteiger partial charge >= 0.3 is 0 Å². The van der Waals surface area contributed by atoms with Crippen LogP contribution in [-0.2, 0) is 9.84 Å². The zero-order valence-corrected chi connectivity index (χ0v) is 19.7. The van der Waals surface area contributed by atoms with E-state index < -0.39 is 21.2 Å². The summed E-state index contributed by atoms with van der Waals surface area (Å²) >= 11 is 0. The highest BCUT2D eigenvalue weighted by molar-refractivity contribution is 7.92. The molecule has 1 aromatic carbocycles. The third kappa shape index (κ3) is 6.29. The van der Waals surface area contributed by atoms with Gasteiger partial charge in [0, 0.05) is 0 Å². The Hall–Kier alpha value is -1.91. The Morgan fingerprint density at radius 3 is 2.13 bits per heavy atom. The van der Waals surface area contributed by atoms with Crippen LogP contribution >= 0.6 is 0 Å². The van der Waals surface area contributed by atoms with Crippen LogP contribution in [0.25, 0.3) is 0 Å². The zero-order valence-electron chi connectivity index (χ0n) is 18.9. The molecule has 3 nitrogen and oxygen atoms in total. The fourth-order valence-corrected chi connectivity index (χ4v) is 5.75. The van der Waals surface area contributed by atoms with Crippen molar-refractivity contribution >= 4 is 9.84 Å². The molecule has 0 amide bonds. The van der Waals surface area contributed by atoms with Crippen LogP contribution in [0.3, 0.4) is 0 Å². The Kier molecular flexibility index (Phi) is 8.87. The molecule has 1 aromatic rings. The predicted molar refractivity (Wildman–Crippen MR) is 126 cm³/mol. The van der Waals surface area contributed by atoms with E-state index in [0.717, 1.165) is 31.3 Å². The summed E-state index contributed by atoms with van der Waals surface area (Å²) in [5.41, 5.74) is 3.97. The standard InChI is InChI=1S/C26H36O3S/c1-19(2)24-18-17-21(4)12-9-11-20(3)13-10-14-22(5)26(25(24)27)30(28,29)23-15-7-6-8-16-23/h6-8,11,14-19,25-27H,9-10,12-13H2,1-5H3/b20-11+,21-17+,22-14+,24-18-. The summed E-state index contributed by atoms with van der Waals surface area (Å²) in [4.78, 5) is 0.244. The number of hydrogen-bond acceptors (Lipinski definition) is 3. The van der Waals surface area contributed by atoms with Gasteiger partial charge in [0.05, 0.1) is 11.0 Å². The van der Waals surface area contributed by atoms with Gasteiger partial charge in [-0.05, 0) is 70.1 Å². The lowest BCUT2D eigenvalue weighted by Gasteiger charge is -2.28. The first-order valence-corrected chi connectivity index (χ1v) is 12.4. The van der Waals surface area contributed by atoms with Crippen LogP contribution in [0.2, 0.25) is 0 Å². The highest BCUT2D eigenvalue weighted by Crippen LogP contribution is 2.31. The van der Waals surface area contributed by atoms with Gasteiger partial charge in [-0.25, -0.2) is 8.42 Å². The minimum atomic E-state index is -3.75. The average molecular weight is 429 g/mol. The fourth-order valence-electron chi connectivity index (χ4n) is 3.84. The number of aliphatic hydroxyl groups excluding tert-OH is 1. The molecule has 0 radical (unpaired) electrons. The maximum Gasteiger partial charge on any atom is 0.187 e. The molecule has 4 heteroatoms. The van der Waals surface area contributed by atoms with Crippen LogP contribution in [0.5, 0.6) is 0 Å². The van der Waals surface area contributed by atoms with Crippen LogP contribution in [0.15, 0.2) is 81.8 Å². The molecule has 164 valence electrons. The van der Waals surface area contributed by atoms with E-state index in [9.17, 15) is 13.5 Å². The van der Waals surface area contributed by atoms with Crippen LogP contribution in [0.1, 0.15) is 60.3 Å². The van der Waals surface area contributed by atoms with E-state index in [4.69, 9.17) is 0 Å². The van der Waals surface area contributed by atoms with E-state index in [1.165, 1.54) is 11.1 Å². The van der Waals surface area contributed by atoms with Gasteiger partial charge in [0.2, 0.25) is 0 Å². The number of allylic oxidation sites excluding steroid dienone is 6. The summed E-state index contributed by atoms with van der Waals surface area (Å²) in [6.07, 6.45) is 10.7. The van der Waals surface area contributed by atoms with Crippen molar-refractivity contribution in [1.29, 1.82) is 0 Å². The van der Waals surface area contributed by atoms with Gasteiger partial charge < -0.3 is 5.11 Å². The second kappa shape index (κ2) is 10.9. The summed E-state index contributed by atoms with van der Waals surface area (Å²) in [7, 11) is -3.75. The number of aliphatic hydroxyl groups is 1. The SMILES string of the molecule is C/C1=C\C=C(\C(C)C)C(O)C(S(=O)(=O)c2ccccc2)/C(C)=C/CC/C(C)=C/CC1. The van der Waals surface area contributed by atoms with Crippen molar-refractivity contribution < 1.29 is 13.5 Å². The molecule has 0 bridgehead atoms. The van der Waals surface area contributed by atoms with Gasteiger partial charge in [-0.2, -0.15) is 0 Å². The number of sulfone groups is 1. The Labute approximate surface area is 182 Å². The molecule has 0 fully saturated rings. The van der Waals surface area contributed by atoms with Gasteiger partial charge in [0.25, 0.3) is 0 Å². The summed E-state index contributed by atoms with van der Waals surface area (Å²) < 4.78 is 27.2. The summed E-state index contributed by atoms with van der Waals surface area (Å²) in [5.74, 6) is 0.0281. The molecule has 1 N–H and O–H groups in total. The van der Waals surface area contributed by atoms with Gasteiger partial charge in [-0.3, -0.25) is 0 Å². The van der Waals surface area contributed by atoms with E-state index >= 15 is 0 Å². The second-order valence-electron chi connectivity index (χ2n) is 8.63. The predicted octanol–water partition coefficient (Wildman–Crippen LogP) is 6.19. The van der Waals surface area contributed by atoms with Gasteiger partial charge in [-0.15, -0.1) is 0 Å². The second-order valence-corrected chi connectivity index (χ2v) is 10.7. The van der Waals surface area contributed by atoms with E-state index in [1.54, 1.807) is 30.3 Å². The first-order valence-electron chi connectivity index (χ1n) is 10.8. The lowest BCUT2D eigenvalue weighted by atomic mass is 9.91. The highest BCUT2D eigenvalue weighted by Gasteiger charge is 2.37. The molecule has 0 heterocycles. The monoisotopic (exact) mass is 428 g/mol. The average Bonchev–Trinajstić information content (AvgIpc) is 2.68. The van der Waals surface area contributed by atoms with E-state index in [2.05, 4.69) is 19.9 Å². The quantitative estimate of drug-likeness (QED) is 0.584. The van der Waals surface area contributed by atoms with Crippen molar-refractivity contribution in [3.63, 3.8) is 0 Å². The Bertz CT molecular complexity index is 932. The molecular weight excluding hydrogens is 392 g/mol. The maximum atomic E-state index is 13.6.